The smallest absolute Gasteiger partial charge is 0.272 e. The molecule has 1 atom stereocenters. The van der Waals surface area contributed by atoms with Crippen molar-refractivity contribution in [3.8, 4) is 0 Å². The van der Waals surface area contributed by atoms with E-state index in [1.165, 1.54) is 6.33 Å². The fourth-order valence-electron chi connectivity index (χ4n) is 4.17. The number of imidazole rings is 1. The van der Waals surface area contributed by atoms with Crippen molar-refractivity contribution in [2.75, 3.05) is 13.1 Å². The van der Waals surface area contributed by atoms with Gasteiger partial charge in [0.15, 0.2) is 0 Å². The number of fused-ring (bicyclic) bond motifs is 2. The van der Waals surface area contributed by atoms with Crippen LogP contribution >= 0.6 is 0 Å². The molecular formula is C20H21N7O. The van der Waals surface area contributed by atoms with Crippen molar-refractivity contribution in [1.29, 1.82) is 0 Å². The third-order valence-corrected chi connectivity index (χ3v) is 5.44. The maximum atomic E-state index is 13.4. The van der Waals surface area contributed by atoms with Gasteiger partial charge in [-0.05, 0) is 44.9 Å². The highest BCUT2D eigenvalue weighted by Crippen LogP contribution is 2.28. The molecule has 0 N–H and O–H groups in total. The highest BCUT2D eigenvalue weighted by atomic mass is 16.2. The number of amides is 1. The second-order valence-electron chi connectivity index (χ2n) is 7.36. The van der Waals surface area contributed by atoms with Gasteiger partial charge in [-0.25, -0.2) is 14.5 Å². The highest BCUT2D eigenvalue weighted by molar-refractivity contribution is 5.94. The average Bonchev–Trinajstić information content (AvgIpc) is 3.30. The molecule has 0 bridgehead atoms. The van der Waals surface area contributed by atoms with Crippen molar-refractivity contribution in [3.05, 3.63) is 59.6 Å². The zero-order valence-electron chi connectivity index (χ0n) is 15.9. The molecule has 1 aliphatic heterocycles. The number of piperidine rings is 1. The maximum absolute atomic E-state index is 13.4. The van der Waals surface area contributed by atoms with Gasteiger partial charge in [-0.1, -0.05) is 6.07 Å². The van der Waals surface area contributed by atoms with Crippen LogP contribution in [0.3, 0.4) is 0 Å². The highest BCUT2D eigenvalue weighted by Gasteiger charge is 2.30. The van der Waals surface area contributed by atoms with E-state index in [1.807, 2.05) is 47.5 Å². The summed E-state index contributed by atoms with van der Waals surface area (Å²) in [6, 6.07) is 7.83. The SMILES string of the molecule is Cc1cc(C2CCCN(C(=O)c3c(C)nc4ccccn34)C2)n2ncnc2n1. The monoisotopic (exact) mass is 375 g/mol. The van der Waals surface area contributed by atoms with Crippen molar-refractivity contribution < 1.29 is 4.79 Å². The number of carbonyl (C=O) groups excluding carboxylic acids is 1. The summed E-state index contributed by atoms with van der Waals surface area (Å²) in [7, 11) is 0. The van der Waals surface area contributed by atoms with Crippen LogP contribution in [-0.4, -0.2) is 52.9 Å². The second kappa shape index (κ2) is 6.40. The predicted octanol–water partition coefficient (Wildman–Crippen LogP) is 2.41. The fraction of sp³-hybridized carbons (Fsp3) is 0.350. The van der Waals surface area contributed by atoms with Gasteiger partial charge < -0.3 is 4.90 Å². The van der Waals surface area contributed by atoms with Gasteiger partial charge in [0.1, 0.15) is 17.7 Å². The van der Waals surface area contributed by atoms with Gasteiger partial charge >= 0.3 is 0 Å². The second-order valence-corrected chi connectivity index (χ2v) is 7.36. The normalized spacial score (nSPS) is 17.5. The van der Waals surface area contributed by atoms with E-state index >= 15 is 0 Å². The number of aryl methyl sites for hydroxylation is 2. The van der Waals surface area contributed by atoms with Gasteiger partial charge in [0.2, 0.25) is 0 Å². The van der Waals surface area contributed by atoms with Crippen LogP contribution in [-0.2, 0) is 0 Å². The Labute approximate surface area is 161 Å². The minimum Gasteiger partial charge on any atom is -0.337 e. The molecule has 1 fully saturated rings. The Bertz CT molecular complexity index is 1190. The molecule has 1 amide bonds. The third-order valence-electron chi connectivity index (χ3n) is 5.44. The lowest BCUT2D eigenvalue weighted by Gasteiger charge is -2.33. The zero-order chi connectivity index (χ0) is 19.3. The van der Waals surface area contributed by atoms with E-state index in [-0.39, 0.29) is 11.8 Å². The lowest BCUT2D eigenvalue weighted by atomic mass is 9.93. The molecular weight excluding hydrogens is 354 g/mol. The Morgan fingerprint density at radius 3 is 3.00 bits per heavy atom. The van der Waals surface area contributed by atoms with Gasteiger partial charge in [0.25, 0.3) is 11.7 Å². The van der Waals surface area contributed by atoms with Gasteiger partial charge in [0, 0.05) is 30.9 Å². The Morgan fingerprint density at radius 2 is 2.11 bits per heavy atom. The van der Waals surface area contributed by atoms with Crippen LogP contribution in [0.5, 0.6) is 0 Å². The van der Waals surface area contributed by atoms with E-state index in [1.54, 1.807) is 4.52 Å². The lowest BCUT2D eigenvalue weighted by molar-refractivity contribution is 0.0697. The molecule has 1 unspecified atom stereocenters. The minimum atomic E-state index is 0.0292. The van der Waals surface area contributed by atoms with E-state index < -0.39 is 0 Å². The summed E-state index contributed by atoms with van der Waals surface area (Å²) in [5.41, 5.74) is 4.18. The first kappa shape index (κ1) is 16.9. The molecule has 4 aromatic heterocycles. The van der Waals surface area contributed by atoms with Crippen molar-refractivity contribution in [3.63, 3.8) is 0 Å². The maximum Gasteiger partial charge on any atom is 0.272 e. The van der Waals surface area contributed by atoms with Crippen LogP contribution in [0.2, 0.25) is 0 Å². The van der Waals surface area contributed by atoms with Gasteiger partial charge in [0.05, 0.1) is 11.4 Å². The van der Waals surface area contributed by atoms with Gasteiger partial charge in [-0.3, -0.25) is 9.20 Å². The Balaban J connectivity index is 1.49. The summed E-state index contributed by atoms with van der Waals surface area (Å²) < 4.78 is 3.68. The molecule has 5 rings (SSSR count). The van der Waals surface area contributed by atoms with Gasteiger partial charge in [-0.15, -0.1) is 0 Å². The molecule has 142 valence electrons. The largest absolute Gasteiger partial charge is 0.337 e. The number of hydrogen-bond donors (Lipinski definition) is 0. The fourth-order valence-corrected chi connectivity index (χ4v) is 4.17. The Kier molecular flexibility index (Phi) is 3.85. The quantitative estimate of drug-likeness (QED) is 0.537. The minimum absolute atomic E-state index is 0.0292. The third kappa shape index (κ3) is 2.64. The molecule has 0 saturated carbocycles. The molecule has 5 heterocycles. The number of carbonyl (C=O) groups is 1. The predicted molar refractivity (Wildman–Crippen MR) is 103 cm³/mol. The van der Waals surface area contributed by atoms with Crippen LogP contribution in [0.4, 0.5) is 0 Å². The number of pyridine rings is 1. The molecule has 0 spiro atoms. The van der Waals surface area contributed by atoms with Crippen LogP contribution in [0.1, 0.15) is 46.3 Å². The molecule has 0 aromatic carbocycles. The molecule has 8 nitrogen and oxygen atoms in total. The van der Waals surface area contributed by atoms with Gasteiger partial charge in [-0.2, -0.15) is 10.1 Å². The van der Waals surface area contributed by atoms with E-state index in [4.69, 9.17) is 0 Å². The summed E-state index contributed by atoms with van der Waals surface area (Å²) in [6.07, 6.45) is 5.38. The van der Waals surface area contributed by atoms with E-state index in [0.717, 1.165) is 42.1 Å². The first-order chi connectivity index (χ1) is 13.6. The standard InChI is InChI=1S/C20H21N7O/c1-13-10-16(27-20(23-13)21-12-22-27)15-6-5-8-25(11-15)19(28)18-14(2)24-17-7-3-4-9-26(17)18/h3-4,7,9-10,12,15H,5-6,8,11H2,1-2H3. The first-order valence-corrected chi connectivity index (χ1v) is 9.52. The number of rotatable bonds is 2. The molecule has 0 radical (unpaired) electrons. The number of likely N-dealkylation sites (tertiary alicyclic amines) is 1. The molecule has 8 heteroatoms. The zero-order valence-corrected chi connectivity index (χ0v) is 15.9. The van der Waals surface area contributed by atoms with Crippen molar-refractivity contribution in [2.24, 2.45) is 0 Å². The van der Waals surface area contributed by atoms with E-state index in [0.29, 0.717) is 18.0 Å². The van der Waals surface area contributed by atoms with E-state index in [2.05, 4.69) is 26.1 Å². The summed E-state index contributed by atoms with van der Waals surface area (Å²) in [6.45, 7) is 5.26. The van der Waals surface area contributed by atoms with Crippen molar-refractivity contribution in [2.45, 2.75) is 32.6 Å². The van der Waals surface area contributed by atoms with Crippen LogP contribution in [0.15, 0.2) is 36.8 Å². The Morgan fingerprint density at radius 1 is 1.21 bits per heavy atom. The molecule has 28 heavy (non-hydrogen) atoms. The Hall–Kier alpha value is -3.29. The number of nitrogens with zero attached hydrogens (tertiary/aromatic N) is 7. The topological polar surface area (TPSA) is 80.7 Å². The summed E-state index contributed by atoms with van der Waals surface area (Å²) in [5, 5.41) is 4.34. The average molecular weight is 375 g/mol. The lowest BCUT2D eigenvalue weighted by Crippen LogP contribution is -2.40. The first-order valence-electron chi connectivity index (χ1n) is 9.52. The summed E-state index contributed by atoms with van der Waals surface area (Å²) >= 11 is 0. The summed E-state index contributed by atoms with van der Waals surface area (Å²) in [4.78, 5) is 28.5. The molecule has 0 aliphatic carbocycles. The van der Waals surface area contributed by atoms with Crippen LogP contribution in [0.25, 0.3) is 11.4 Å². The molecule has 4 aromatic rings. The number of hydrogen-bond acceptors (Lipinski definition) is 5. The van der Waals surface area contributed by atoms with Crippen molar-refractivity contribution in [1.82, 2.24) is 33.9 Å². The number of aromatic nitrogens is 6. The molecule has 1 saturated heterocycles. The van der Waals surface area contributed by atoms with Crippen LogP contribution < -0.4 is 0 Å². The van der Waals surface area contributed by atoms with E-state index in [9.17, 15) is 4.79 Å². The molecule has 1 aliphatic rings. The van der Waals surface area contributed by atoms with Crippen LogP contribution in [0, 0.1) is 13.8 Å². The summed E-state index contributed by atoms with van der Waals surface area (Å²) in [5.74, 6) is 0.834. The van der Waals surface area contributed by atoms with Crippen molar-refractivity contribution >= 4 is 17.3 Å².